The summed E-state index contributed by atoms with van der Waals surface area (Å²) in [5.74, 6) is -0.501. The molecule has 3 aromatic heterocycles. The van der Waals surface area contributed by atoms with Crippen LogP contribution in [0.15, 0.2) is 60.2 Å². The molecule has 71 heavy (non-hydrogen) atoms. The zero-order chi connectivity index (χ0) is 51.4. The van der Waals surface area contributed by atoms with Gasteiger partial charge in [0.25, 0.3) is 5.91 Å². The van der Waals surface area contributed by atoms with Gasteiger partial charge in [0.15, 0.2) is 0 Å². The van der Waals surface area contributed by atoms with Crippen molar-refractivity contribution in [3.8, 4) is 16.2 Å². The Morgan fingerprint density at radius 1 is 1.01 bits per heavy atom. The second-order valence-electron chi connectivity index (χ2n) is 20.4. The highest BCUT2D eigenvalue weighted by Crippen LogP contribution is 2.37. The van der Waals surface area contributed by atoms with Crippen LogP contribution in [0.25, 0.3) is 21.3 Å². The van der Waals surface area contributed by atoms with E-state index in [1.54, 1.807) is 31.5 Å². The minimum absolute atomic E-state index is 0.0453. The number of nitrogens with two attached hydrogens (primary N) is 1. The molecule has 7 rings (SSSR count). The largest absolute Gasteiger partial charge is 0.491 e. The van der Waals surface area contributed by atoms with Crippen LogP contribution in [0.1, 0.15) is 106 Å². The molecular weight excluding hydrogens is 940 g/mol. The highest BCUT2D eigenvalue weighted by atomic mass is 32.1. The number of carbonyl (C=O) groups excluding carboxylic acids is 3. The predicted molar refractivity (Wildman–Crippen MR) is 265 cm³/mol. The fourth-order valence-electron chi connectivity index (χ4n) is 9.16. The molecule has 1 aliphatic heterocycles. The summed E-state index contributed by atoms with van der Waals surface area (Å²) in [5, 5.41) is 32.7. The molecule has 0 spiro atoms. The van der Waals surface area contributed by atoms with Crippen LogP contribution in [0.3, 0.4) is 0 Å². The maximum Gasteiger partial charge on any atom is 0.433 e. The first-order valence-corrected chi connectivity index (χ1v) is 24.9. The van der Waals surface area contributed by atoms with E-state index in [0.717, 1.165) is 72.6 Å². The normalized spacial score (nSPS) is 19.3. The van der Waals surface area contributed by atoms with E-state index < -0.39 is 52.7 Å². The van der Waals surface area contributed by atoms with Crippen LogP contribution in [0.5, 0.6) is 5.75 Å². The molecule has 5 aromatic rings. The van der Waals surface area contributed by atoms with Gasteiger partial charge in [-0.05, 0) is 101 Å². The summed E-state index contributed by atoms with van der Waals surface area (Å²) in [6.45, 7) is 13.6. The van der Waals surface area contributed by atoms with Crippen molar-refractivity contribution in [3.63, 3.8) is 0 Å². The predicted octanol–water partition coefficient (Wildman–Crippen LogP) is 7.07. The molecule has 2 fully saturated rings. The summed E-state index contributed by atoms with van der Waals surface area (Å²) in [4.78, 5) is 52.5. The number of pyridine rings is 1. The van der Waals surface area contributed by atoms with Crippen LogP contribution < -0.4 is 21.1 Å². The number of halogens is 3. The number of benzene rings is 2. The third kappa shape index (κ3) is 13.3. The standard InChI is InChI=1S/C51H66F3N9O7S/c1-30-44(71-29-57-30)32-13-14-33(25-56-47(66)41-23-36(64)28-62(41)48(67)45(55)49(2,3)4)42(22-32)70-20-19-69-18-17-61(7)26-31-11-15-35(16-12-31)63-27-34-21-40(37(50(5,6)68)24-39(34)60-63)59-46(65)38-9-8-10-43(58-38)51(52,53)54/h8-10,13-14,21-22,24,27,29,31,35-36,41,45,64,68H,11-12,15-20,23,25-26,28,55H2,1-7H3,(H,56,66)(H,59,65)/t31?,35?,36-,41+,45-/m1/s1. The number of thiazole rings is 1. The van der Waals surface area contributed by atoms with E-state index in [1.165, 1.54) is 22.3 Å². The number of fused-ring (bicyclic) bond motifs is 1. The van der Waals surface area contributed by atoms with Gasteiger partial charge in [-0.3, -0.25) is 19.1 Å². The molecule has 1 aliphatic carbocycles. The van der Waals surface area contributed by atoms with Crippen LogP contribution in [-0.2, 0) is 32.6 Å². The van der Waals surface area contributed by atoms with Crippen molar-refractivity contribution in [1.29, 1.82) is 0 Å². The Kier molecular flexibility index (Phi) is 16.6. The number of nitrogens with one attached hydrogen (secondary N) is 2. The SMILES string of the molecule is Cc1ncsc1-c1ccc(CNC(=O)[C@@H]2C[C@@H](O)CN2C(=O)[C@@H](N)C(C)(C)C)c(OCCOCCN(C)CC2CCC(n3cc4cc(NC(=O)c5cccc(C(F)(F)F)n5)c(C(C)(C)O)cc4n3)CC2)c1. The van der Waals surface area contributed by atoms with Crippen LogP contribution in [0, 0.1) is 18.3 Å². The third-order valence-corrected chi connectivity index (χ3v) is 14.3. The number of nitrogens with zero attached hydrogens (tertiary/aromatic N) is 6. The second kappa shape index (κ2) is 22.1. The van der Waals surface area contributed by atoms with Crippen molar-refractivity contribution in [3.05, 3.63) is 88.4 Å². The van der Waals surface area contributed by atoms with Crippen LogP contribution in [-0.4, -0.2) is 122 Å². The van der Waals surface area contributed by atoms with Gasteiger partial charge in [0.1, 0.15) is 29.8 Å². The number of rotatable bonds is 18. The summed E-state index contributed by atoms with van der Waals surface area (Å²) >= 11 is 1.53. The number of hydrogen-bond acceptors (Lipinski definition) is 13. The van der Waals surface area contributed by atoms with E-state index in [1.807, 2.05) is 56.8 Å². The van der Waals surface area contributed by atoms with Crippen molar-refractivity contribution in [2.75, 3.05) is 51.8 Å². The number of hydrogen-bond donors (Lipinski definition) is 5. The summed E-state index contributed by atoms with van der Waals surface area (Å²) in [7, 11) is 2.08. The number of alkyl halides is 3. The van der Waals surface area contributed by atoms with E-state index in [0.29, 0.717) is 41.3 Å². The van der Waals surface area contributed by atoms with E-state index >= 15 is 0 Å². The first kappa shape index (κ1) is 53.3. The Balaban J connectivity index is 0.881. The molecule has 1 saturated heterocycles. The number of aliphatic hydroxyl groups is 2. The molecule has 384 valence electrons. The number of likely N-dealkylation sites (N-methyl/N-ethyl adjacent to an activating group) is 1. The average Bonchev–Trinajstić information content (AvgIpc) is 4.06. The van der Waals surface area contributed by atoms with Gasteiger partial charge in [-0.15, -0.1) is 11.3 Å². The number of carbonyl (C=O) groups is 3. The number of likely N-dealkylation sites (tertiary alicyclic amines) is 1. The summed E-state index contributed by atoms with van der Waals surface area (Å²) in [6, 6.07) is 10.8. The Morgan fingerprint density at radius 2 is 1.76 bits per heavy atom. The topological polar surface area (TPSA) is 210 Å². The molecular formula is C51H66F3N9O7S. The molecule has 0 radical (unpaired) electrons. The summed E-state index contributed by atoms with van der Waals surface area (Å²) < 4.78 is 54.2. The lowest BCUT2D eigenvalue weighted by Crippen LogP contribution is -2.54. The molecule has 0 unspecified atom stereocenters. The highest BCUT2D eigenvalue weighted by Gasteiger charge is 2.43. The number of aliphatic hydroxyl groups excluding tert-OH is 1. The second-order valence-corrected chi connectivity index (χ2v) is 21.3. The smallest absolute Gasteiger partial charge is 0.433 e. The lowest BCUT2D eigenvalue weighted by atomic mass is 9.86. The zero-order valence-corrected chi connectivity index (χ0v) is 42.2. The number of anilines is 1. The number of aryl methyl sites for hydroxylation is 1. The van der Waals surface area contributed by atoms with Gasteiger partial charge in [-0.1, -0.05) is 39.0 Å². The maximum atomic E-state index is 13.5. The fourth-order valence-corrected chi connectivity index (χ4v) is 9.96. The van der Waals surface area contributed by atoms with Crippen molar-refractivity contribution >= 4 is 45.6 Å². The van der Waals surface area contributed by atoms with Crippen LogP contribution in [0.2, 0.25) is 0 Å². The van der Waals surface area contributed by atoms with Gasteiger partial charge < -0.3 is 45.9 Å². The summed E-state index contributed by atoms with van der Waals surface area (Å²) in [5.41, 5.74) is 8.40. The first-order chi connectivity index (χ1) is 33.5. The number of aromatic nitrogens is 4. The molecule has 2 aromatic carbocycles. The lowest BCUT2D eigenvalue weighted by molar-refractivity contribution is -0.141. The number of ether oxygens (including phenoxy) is 2. The number of amides is 3. The minimum atomic E-state index is -4.71. The van der Waals surface area contributed by atoms with Crippen molar-refractivity contribution in [2.45, 2.75) is 116 Å². The molecule has 20 heteroatoms. The highest BCUT2D eigenvalue weighted by molar-refractivity contribution is 7.13. The summed E-state index contributed by atoms with van der Waals surface area (Å²) in [6.07, 6.45) is 0.306. The van der Waals surface area contributed by atoms with Gasteiger partial charge in [0.05, 0.1) is 58.6 Å². The van der Waals surface area contributed by atoms with Crippen LogP contribution >= 0.6 is 11.3 Å². The monoisotopic (exact) mass is 1010 g/mol. The van der Waals surface area contributed by atoms with Crippen LogP contribution in [0.4, 0.5) is 18.9 Å². The Labute approximate surface area is 416 Å². The Bertz CT molecular complexity index is 2670. The number of β-amino-alcohol motifs (C(OH)–C–C–N with tert-alkyl or cyclic N) is 1. The lowest BCUT2D eigenvalue weighted by Gasteiger charge is -2.32. The van der Waals surface area contributed by atoms with Gasteiger partial charge in [-0.25, -0.2) is 9.97 Å². The molecule has 2 aliphatic rings. The third-order valence-electron chi connectivity index (χ3n) is 13.3. The van der Waals surface area contributed by atoms with E-state index in [-0.39, 0.29) is 49.7 Å². The van der Waals surface area contributed by atoms with E-state index in [4.69, 9.17) is 20.3 Å². The van der Waals surface area contributed by atoms with E-state index in [9.17, 15) is 37.8 Å². The quantitative estimate of drug-likeness (QED) is 0.0559. The molecule has 3 amide bonds. The van der Waals surface area contributed by atoms with Gasteiger partial charge in [-0.2, -0.15) is 18.3 Å². The van der Waals surface area contributed by atoms with Crippen molar-refractivity contribution in [1.82, 2.24) is 34.9 Å². The van der Waals surface area contributed by atoms with Crippen molar-refractivity contribution < 1.29 is 47.2 Å². The zero-order valence-electron chi connectivity index (χ0n) is 41.4. The van der Waals surface area contributed by atoms with Gasteiger partial charge in [0.2, 0.25) is 11.8 Å². The minimum Gasteiger partial charge on any atom is -0.491 e. The molecule has 3 atom stereocenters. The molecule has 4 heterocycles. The molecule has 0 bridgehead atoms. The Morgan fingerprint density at radius 3 is 2.44 bits per heavy atom. The Hall–Kier alpha value is -5.51. The fraction of sp³-hybridized carbons (Fsp3) is 0.529. The maximum absolute atomic E-state index is 13.5. The molecule has 16 nitrogen and oxygen atoms in total. The first-order valence-electron chi connectivity index (χ1n) is 24.0. The van der Waals surface area contributed by atoms with Gasteiger partial charge >= 0.3 is 6.18 Å². The van der Waals surface area contributed by atoms with Gasteiger partial charge in [0, 0.05) is 61.0 Å². The van der Waals surface area contributed by atoms with E-state index in [2.05, 4.69) is 32.5 Å². The molecule has 6 N–H and O–H groups in total. The average molecular weight is 1010 g/mol. The van der Waals surface area contributed by atoms with Crippen molar-refractivity contribution in [2.24, 2.45) is 17.1 Å². The molecule has 1 saturated carbocycles.